The zero-order valence-corrected chi connectivity index (χ0v) is 14.2. The Kier molecular flexibility index (Phi) is 4.89. The number of aromatic nitrogens is 1. The van der Waals surface area contributed by atoms with E-state index in [0.29, 0.717) is 20.4 Å². The molecular weight excluding hydrogens is 353 g/mol. The van der Waals surface area contributed by atoms with Crippen molar-refractivity contribution in [1.82, 2.24) is 4.98 Å². The molecule has 1 aromatic heterocycles. The van der Waals surface area contributed by atoms with E-state index in [1.807, 2.05) is 4.90 Å². The molecule has 0 unspecified atom stereocenters. The molecule has 1 saturated heterocycles. The monoisotopic (exact) mass is 370 g/mol. The number of hydrogen-bond acceptors (Lipinski definition) is 4. The third kappa shape index (κ3) is 4.25. The highest BCUT2D eigenvalue weighted by Crippen LogP contribution is 2.36. The quantitative estimate of drug-likeness (QED) is 0.898. The summed E-state index contributed by atoms with van der Waals surface area (Å²) in [6.07, 6.45) is -0.798. The van der Waals surface area contributed by atoms with Crippen LogP contribution in [0.25, 0.3) is 12.7 Å². The molecule has 134 valence electrons. The minimum absolute atomic E-state index is 0.177. The van der Waals surface area contributed by atoms with E-state index in [2.05, 4.69) is 11.6 Å². The molecule has 2 heterocycles. The number of benzene rings is 1. The van der Waals surface area contributed by atoms with Crippen molar-refractivity contribution in [2.45, 2.75) is 19.0 Å². The predicted molar refractivity (Wildman–Crippen MR) is 92.7 cm³/mol. The Labute approximate surface area is 145 Å². The molecular formula is C17H17F3N2O2S. The number of aromatic amines is 1. The fourth-order valence-corrected chi connectivity index (χ4v) is 3.58. The molecule has 2 aromatic rings. The smallest absolute Gasteiger partial charge is 0.422 e. The first-order chi connectivity index (χ1) is 11.8. The number of nitrogens with one attached hydrogen (secondary N) is 1. The number of anilines is 1. The number of H-pyrrole nitrogens is 1. The summed E-state index contributed by atoms with van der Waals surface area (Å²) in [5, 5.41) is 0. The Morgan fingerprint density at radius 3 is 2.64 bits per heavy atom. The number of thiazole rings is 1. The van der Waals surface area contributed by atoms with Gasteiger partial charge in [0.1, 0.15) is 5.75 Å². The molecule has 0 aliphatic carbocycles. The van der Waals surface area contributed by atoms with Crippen molar-refractivity contribution in [3.8, 4) is 5.75 Å². The molecule has 3 rings (SSSR count). The molecule has 0 saturated carbocycles. The van der Waals surface area contributed by atoms with E-state index in [9.17, 15) is 18.0 Å². The van der Waals surface area contributed by atoms with Crippen LogP contribution in [0.1, 0.15) is 18.4 Å². The van der Waals surface area contributed by atoms with Gasteiger partial charge in [0.25, 0.3) is 5.56 Å². The molecule has 0 atom stereocenters. The summed E-state index contributed by atoms with van der Waals surface area (Å²) < 4.78 is 43.7. The van der Waals surface area contributed by atoms with Gasteiger partial charge in [0, 0.05) is 18.7 Å². The van der Waals surface area contributed by atoms with Gasteiger partial charge in [0.05, 0.1) is 14.9 Å². The fraction of sp³-hybridized carbons (Fsp3) is 0.353. The van der Waals surface area contributed by atoms with Crippen LogP contribution >= 0.6 is 11.3 Å². The van der Waals surface area contributed by atoms with Crippen LogP contribution in [0, 0.1) is 0 Å². The molecule has 8 heteroatoms. The molecule has 1 aromatic carbocycles. The Morgan fingerprint density at radius 1 is 1.32 bits per heavy atom. The van der Waals surface area contributed by atoms with Crippen molar-refractivity contribution in [2.24, 2.45) is 0 Å². The fourth-order valence-electron chi connectivity index (χ4n) is 2.84. The van der Waals surface area contributed by atoms with Crippen LogP contribution in [0.2, 0.25) is 0 Å². The molecule has 1 fully saturated rings. The van der Waals surface area contributed by atoms with E-state index in [4.69, 9.17) is 4.74 Å². The number of rotatable bonds is 4. The van der Waals surface area contributed by atoms with E-state index < -0.39 is 12.8 Å². The third-order valence-corrected chi connectivity index (χ3v) is 4.71. The lowest BCUT2D eigenvalue weighted by atomic mass is 10.1. The van der Waals surface area contributed by atoms with Crippen LogP contribution in [0.3, 0.4) is 0 Å². The predicted octanol–water partition coefficient (Wildman–Crippen LogP) is 2.22. The summed E-state index contributed by atoms with van der Waals surface area (Å²) in [5.41, 5.74) is 1.00. The third-order valence-electron chi connectivity index (χ3n) is 3.84. The van der Waals surface area contributed by atoms with Gasteiger partial charge < -0.3 is 14.6 Å². The van der Waals surface area contributed by atoms with Gasteiger partial charge in [-0.2, -0.15) is 13.2 Å². The maximum absolute atomic E-state index is 12.6. The van der Waals surface area contributed by atoms with Gasteiger partial charge in [-0.15, -0.1) is 11.3 Å². The standard InChI is InChI=1S/C17H17F3N2O2S/c1-11-21-16(23)14(25-11)9-12-5-4-6-13(24-10-17(18,19)20)15(12)22-7-2-3-8-22/h4-6,9H,1-3,7-8,10H2,(H,21,23)/b14-9-. The lowest BCUT2D eigenvalue weighted by molar-refractivity contribution is -0.153. The van der Waals surface area contributed by atoms with Gasteiger partial charge in [0.15, 0.2) is 6.61 Å². The molecule has 4 nitrogen and oxygen atoms in total. The Balaban J connectivity index is 2.08. The van der Waals surface area contributed by atoms with Crippen LogP contribution in [0.4, 0.5) is 18.9 Å². The summed E-state index contributed by atoms with van der Waals surface area (Å²) in [4.78, 5) is 16.5. The van der Waals surface area contributed by atoms with Crippen molar-refractivity contribution < 1.29 is 17.9 Å². The number of ether oxygens (including phenoxy) is 1. The largest absolute Gasteiger partial charge is 0.482 e. The topological polar surface area (TPSA) is 45.3 Å². The van der Waals surface area contributed by atoms with Crippen LogP contribution < -0.4 is 24.4 Å². The maximum Gasteiger partial charge on any atom is 0.422 e. The van der Waals surface area contributed by atoms with Crippen LogP contribution in [0.15, 0.2) is 23.0 Å². The zero-order valence-electron chi connectivity index (χ0n) is 13.4. The van der Waals surface area contributed by atoms with Crippen molar-refractivity contribution in [3.63, 3.8) is 0 Å². The average Bonchev–Trinajstić information content (AvgIpc) is 3.15. The zero-order chi connectivity index (χ0) is 18.0. The van der Waals surface area contributed by atoms with Crippen molar-refractivity contribution in [1.29, 1.82) is 0 Å². The Bertz CT molecular complexity index is 911. The maximum atomic E-state index is 12.6. The first-order valence-corrected chi connectivity index (χ1v) is 8.62. The van der Waals surface area contributed by atoms with Gasteiger partial charge in [-0.3, -0.25) is 4.79 Å². The molecule has 0 amide bonds. The van der Waals surface area contributed by atoms with Crippen molar-refractivity contribution in [2.75, 3.05) is 24.6 Å². The summed E-state index contributed by atoms with van der Waals surface area (Å²) in [7, 11) is 0. The van der Waals surface area contributed by atoms with Gasteiger partial charge >= 0.3 is 6.18 Å². The second kappa shape index (κ2) is 6.95. The minimum atomic E-state index is -4.41. The highest BCUT2D eigenvalue weighted by Gasteiger charge is 2.29. The van der Waals surface area contributed by atoms with Gasteiger partial charge in [0.2, 0.25) is 0 Å². The van der Waals surface area contributed by atoms with E-state index in [1.54, 1.807) is 18.2 Å². The molecule has 25 heavy (non-hydrogen) atoms. The SMILES string of the molecule is C=c1[nH]c(=O)/c(=C/c2cccc(OCC(F)(F)F)c2N2CCCC2)s1. The summed E-state index contributed by atoms with van der Waals surface area (Å²) >= 11 is 1.21. The van der Waals surface area contributed by atoms with Crippen LogP contribution in [-0.2, 0) is 0 Å². The summed E-state index contributed by atoms with van der Waals surface area (Å²) in [6.45, 7) is 3.84. The molecule has 1 N–H and O–H groups in total. The normalized spacial score (nSPS) is 15.8. The highest BCUT2D eigenvalue weighted by atomic mass is 32.1. The summed E-state index contributed by atoms with van der Waals surface area (Å²) in [5.74, 6) is 0.177. The average molecular weight is 370 g/mol. The first-order valence-electron chi connectivity index (χ1n) is 7.81. The van der Waals surface area contributed by atoms with Crippen LogP contribution in [-0.4, -0.2) is 30.9 Å². The Hall–Kier alpha value is -2.22. The molecule has 0 radical (unpaired) electrons. The number of alkyl halides is 3. The van der Waals surface area contributed by atoms with Crippen molar-refractivity contribution >= 4 is 29.7 Å². The highest BCUT2D eigenvalue weighted by molar-refractivity contribution is 7.07. The Morgan fingerprint density at radius 2 is 2.04 bits per heavy atom. The number of para-hydroxylation sites is 1. The van der Waals surface area contributed by atoms with Crippen LogP contribution in [0.5, 0.6) is 5.75 Å². The van der Waals surface area contributed by atoms with Crippen molar-refractivity contribution in [3.05, 3.63) is 43.3 Å². The summed E-state index contributed by atoms with van der Waals surface area (Å²) in [6, 6.07) is 4.93. The number of halogens is 3. The number of hydrogen-bond donors (Lipinski definition) is 1. The second-order valence-corrected chi connectivity index (χ2v) is 6.92. The van der Waals surface area contributed by atoms with E-state index in [0.717, 1.165) is 25.9 Å². The van der Waals surface area contributed by atoms with E-state index >= 15 is 0 Å². The van der Waals surface area contributed by atoms with E-state index in [-0.39, 0.29) is 11.3 Å². The lowest BCUT2D eigenvalue weighted by Crippen LogP contribution is -2.24. The molecule has 0 bridgehead atoms. The van der Waals surface area contributed by atoms with E-state index in [1.165, 1.54) is 17.4 Å². The lowest BCUT2D eigenvalue weighted by Gasteiger charge is -2.24. The second-order valence-electron chi connectivity index (χ2n) is 5.78. The first kappa shape index (κ1) is 17.6. The molecule has 1 aliphatic rings. The minimum Gasteiger partial charge on any atom is -0.482 e. The van der Waals surface area contributed by atoms with Gasteiger partial charge in [-0.05, 0) is 25.0 Å². The van der Waals surface area contributed by atoms with Gasteiger partial charge in [-0.25, -0.2) is 0 Å². The van der Waals surface area contributed by atoms with Gasteiger partial charge in [-0.1, -0.05) is 18.7 Å². The molecule has 0 spiro atoms. The number of nitrogens with zero attached hydrogens (tertiary/aromatic N) is 1. The molecule has 1 aliphatic heterocycles.